The molecule has 0 spiro atoms. The van der Waals surface area contributed by atoms with E-state index in [0.29, 0.717) is 11.0 Å². The van der Waals surface area contributed by atoms with Crippen molar-refractivity contribution < 1.29 is 9.18 Å². The average Bonchev–Trinajstić information content (AvgIpc) is 3.22. The van der Waals surface area contributed by atoms with Gasteiger partial charge in [-0.2, -0.15) is 0 Å². The van der Waals surface area contributed by atoms with Crippen LogP contribution in [0.25, 0.3) is 10.2 Å². The van der Waals surface area contributed by atoms with Gasteiger partial charge in [0.15, 0.2) is 0 Å². The number of halogens is 2. The molecule has 1 aliphatic rings. The number of hydrogen-bond donors (Lipinski definition) is 0. The Morgan fingerprint density at radius 1 is 1.29 bits per heavy atom. The van der Waals surface area contributed by atoms with Crippen molar-refractivity contribution in [1.82, 2.24) is 9.88 Å². The first-order chi connectivity index (χ1) is 11.6. The molecule has 1 aromatic heterocycles. The van der Waals surface area contributed by atoms with Crippen molar-refractivity contribution in [3.8, 4) is 0 Å². The van der Waals surface area contributed by atoms with Gasteiger partial charge < -0.3 is 4.90 Å². The van der Waals surface area contributed by atoms with E-state index in [2.05, 4.69) is 20.9 Å². The predicted molar refractivity (Wildman–Crippen MR) is 96.7 cm³/mol. The van der Waals surface area contributed by atoms with Gasteiger partial charge in [-0.1, -0.05) is 28.1 Å². The van der Waals surface area contributed by atoms with Crippen LogP contribution in [0, 0.1) is 5.82 Å². The van der Waals surface area contributed by atoms with Gasteiger partial charge in [0.25, 0.3) is 5.91 Å². The lowest BCUT2D eigenvalue weighted by Crippen LogP contribution is -2.31. The fourth-order valence-electron chi connectivity index (χ4n) is 3.12. The third kappa shape index (κ3) is 2.74. The molecule has 4 rings (SSSR count). The second-order valence-electron chi connectivity index (χ2n) is 5.80. The molecule has 3 nitrogen and oxygen atoms in total. The van der Waals surface area contributed by atoms with Gasteiger partial charge in [0.1, 0.15) is 10.8 Å². The summed E-state index contributed by atoms with van der Waals surface area (Å²) >= 11 is 4.92. The van der Waals surface area contributed by atoms with Gasteiger partial charge in [-0.3, -0.25) is 4.79 Å². The number of aromatic nitrogens is 1. The van der Waals surface area contributed by atoms with E-state index in [0.717, 1.165) is 28.1 Å². The Morgan fingerprint density at radius 3 is 2.96 bits per heavy atom. The van der Waals surface area contributed by atoms with Crippen molar-refractivity contribution in [2.45, 2.75) is 18.9 Å². The zero-order chi connectivity index (χ0) is 16.7. The summed E-state index contributed by atoms with van der Waals surface area (Å²) in [6, 6.07) is 12.3. The van der Waals surface area contributed by atoms with E-state index >= 15 is 0 Å². The molecule has 3 aromatic rings. The molecule has 0 aliphatic carbocycles. The number of fused-ring (bicyclic) bond motifs is 1. The number of thiazole rings is 1. The highest BCUT2D eigenvalue weighted by Crippen LogP contribution is 2.37. The summed E-state index contributed by atoms with van der Waals surface area (Å²) in [6.45, 7) is 0.630. The molecule has 0 N–H and O–H groups in total. The molecule has 1 amide bonds. The van der Waals surface area contributed by atoms with Gasteiger partial charge in [0, 0.05) is 11.0 Å². The molecule has 0 saturated carbocycles. The minimum atomic E-state index is -0.488. The number of nitrogens with zero attached hydrogens (tertiary/aromatic N) is 2. The summed E-state index contributed by atoms with van der Waals surface area (Å²) < 4.78 is 15.9. The molecular weight excluding hydrogens is 391 g/mol. The minimum absolute atomic E-state index is 0.0757. The molecule has 0 unspecified atom stereocenters. The van der Waals surface area contributed by atoms with E-state index in [4.69, 9.17) is 0 Å². The van der Waals surface area contributed by atoms with Crippen LogP contribution in [-0.2, 0) is 0 Å². The number of hydrogen-bond acceptors (Lipinski definition) is 3. The van der Waals surface area contributed by atoms with E-state index in [-0.39, 0.29) is 17.5 Å². The number of carbonyl (C=O) groups excluding carboxylic acids is 1. The van der Waals surface area contributed by atoms with Crippen LogP contribution in [0.4, 0.5) is 4.39 Å². The fraction of sp³-hybridized carbons (Fsp3) is 0.222. The Hall–Kier alpha value is -1.79. The molecule has 2 heterocycles. The van der Waals surface area contributed by atoms with Crippen molar-refractivity contribution in [2.24, 2.45) is 0 Å². The standard InChI is InChI=1S/C18H14BrFN2OS/c19-11-7-8-13(20)12(10-11)18(23)22-9-3-5-15(22)17-21-14-4-1-2-6-16(14)24-17/h1-2,4,6-8,10,15H,3,5,9H2/t15-/m0/s1. The van der Waals surface area contributed by atoms with E-state index in [9.17, 15) is 9.18 Å². The van der Waals surface area contributed by atoms with Crippen LogP contribution in [0.15, 0.2) is 46.9 Å². The number of rotatable bonds is 2. The zero-order valence-electron chi connectivity index (χ0n) is 12.7. The maximum Gasteiger partial charge on any atom is 0.257 e. The Bertz CT molecular complexity index is 893. The Kier molecular flexibility index (Phi) is 4.10. The van der Waals surface area contributed by atoms with Crippen LogP contribution in [0.1, 0.15) is 34.2 Å². The fourth-order valence-corrected chi connectivity index (χ4v) is 4.59. The summed E-state index contributed by atoms with van der Waals surface area (Å²) in [6.07, 6.45) is 1.77. The maximum absolute atomic E-state index is 14.1. The first kappa shape index (κ1) is 15.7. The minimum Gasteiger partial charge on any atom is -0.329 e. The topological polar surface area (TPSA) is 33.2 Å². The lowest BCUT2D eigenvalue weighted by Gasteiger charge is -2.23. The van der Waals surface area contributed by atoms with E-state index in [1.165, 1.54) is 6.07 Å². The van der Waals surface area contributed by atoms with Crippen molar-refractivity contribution in [1.29, 1.82) is 0 Å². The highest BCUT2D eigenvalue weighted by atomic mass is 79.9. The summed E-state index contributed by atoms with van der Waals surface area (Å²) in [4.78, 5) is 19.3. The van der Waals surface area contributed by atoms with Crippen molar-refractivity contribution in [3.05, 3.63) is 63.3 Å². The van der Waals surface area contributed by atoms with Crippen LogP contribution >= 0.6 is 27.3 Å². The third-order valence-corrected chi connectivity index (χ3v) is 5.90. The van der Waals surface area contributed by atoms with Gasteiger partial charge in [-0.15, -0.1) is 11.3 Å². The average molecular weight is 405 g/mol. The van der Waals surface area contributed by atoms with Gasteiger partial charge in [0.05, 0.1) is 21.8 Å². The van der Waals surface area contributed by atoms with Crippen LogP contribution in [0.5, 0.6) is 0 Å². The van der Waals surface area contributed by atoms with Crippen LogP contribution in [0.2, 0.25) is 0 Å². The molecule has 6 heteroatoms. The second kappa shape index (κ2) is 6.26. The highest BCUT2D eigenvalue weighted by molar-refractivity contribution is 9.10. The number of benzene rings is 2. The zero-order valence-corrected chi connectivity index (χ0v) is 15.1. The lowest BCUT2D eigenvalue weighted by molar-refractivity contribution is 0.0730. The lowest BCUT2D eigenvalue weighted by atomic mass is 10.1. The molecule has 1 aliphatic heterocycles. The monoisotopic (exact) mass is 404 g/mol. The van der Waals surface area contributed by atoms with Crippen LogP contribution < -0.4 is 0 Å². The third-order valence-electron chi connectivity index (χ3n) is 4.27. The normalized spacial score (nSPS) is 17.6. The predicted octanol–water partition coefficient (Wildman–Crippen LogP) is 5.18. The molecule has 24 heavy (non-hydrogen) atoms. The number of likely N-dealkylation sites (tertiary alicyclic amines) is 1. The second-order valence-corrected chi connectivity index (χ2v) is 7.78. The smallest absolute Gasteiger partial charge is 0.257 e. The quantitative estimate of drug-likeness (QED) is 0.589. The first-order valence-electron chi connectivity index (χ1n) is 7.75. The van der Waals surface area contributed by atoms with Crippen molar-refractivity contribution >= 4 is 43.4 Å². The van der Waals surface area contributed by atoms with Gasteiger partial charge in [-0.05, 0) is 43.2 Å². The van der Waals surface area contributed by atoms with Gasteiger partial charge in [0.2, 0.25) is 0 Å². The van der Waals surface area contributed by atoms with Crippen LogP contribution in [0.3, 0.4) is 0 Å². The Labute approximate surface area is 151 Å². The molecule has 0 radical (unpaired) electrons. The summed E-state index contributed by atoms with van der Waals surface area (Å²) in [7, 11) is 0. The number of amides is 1. The SMILES string of the molecule is O=C(c1cc(Br)ccc1F)N1CCC[C@H]1c1nc2ccccc2s1. The van der Waals surface area contributed by atoms with Crippen LogP contribution in [-0.4, -0.2) is 22.3 Å². The number of carbonyl (C=O) groups is 1. The maximum atomic E-state index is 14.1. The molecule has 1 atom stereocenters. The summed E-state index contributed by atoms with van der Waals surface area (Å²) in [5.74, 6) is -0.756. The molecular formula is C18H14BrFN2OS. The molecule has 1 fully saturated rings. The van der Waals surface area contributed by atoms with Gasteiger partial charge in [-0.25, -0.2) is 9.37 Å². The first-order valence-corrected chi connectivity index (χ1v) is 9.36. The van der Waals surface area contributed by atoms with Gasteiger partial charge >= 0.3 is 0 Å². The summed E-state index contributed by atoms with van der Waals surface area (Å²) in [5.41, 5.74) is 1.06. The van der Waals surface area contributed by atoms with E-state index in [1.807, 2.05) is 24.3 Å². The van der Waals surface area contributed by atoms with E-state index in [1.54, 1.807) is 28.4 Å². The molecule has 122 valence electrons. The molecule has 2 aromatic carbocycles. The number of para-hydroxylation sites is 1. The van der Waals surface area contributed by atoms with Crippen molar-refractivity contribution in [2.75, 3.05) is 6.54 Å². The van der Waals surface area contributed by atoms with Crippen molar-refractivity contribution in [3.63, 3.8) is 0 Å². The highest BCUT2D eigenvalue weighted by Gasteiger charge is 2.33. The summed E-state index contributed by atoms with van der Waals surface area (Å²) in [5, 5.41) is 0.928. The van der Waals surface area contributed by atoms with E-state index < -0.39 is 5.82 Å². The molecule has 0 bridgehead atoms. The Balaban J connectivity index is 1.69. The Morgan fingerprint density at radius 2 is 2.12 bits per heavy atom. The largest absolute Gasteiger partial charge is 0.329 e. The molecule has 1 saturated heterocycles.